The minimum Gasteiger partial charge on any atom is -0.457 e. The molecule has 5 rings (SSSR count). The van der Waals surface area contributed by atoms with Gasteiger partial charge in [-0.1, -0.05) is 18.2 Å². The quantitative estimate of drug-likeness (QED) is 0.266. The third-order valence-corrected chi connectivity index (χ3v) is 7.12. The van der Waals surface area contributed by atoms with Crippen LogP contribution in [0.4, 0.5) is 32.0 Å². The van der Waals surface area contributed by atoms with Gasteiger partial charge in [0.25, 0.3) is 5.91 Å². The first-order valence-corrected chi connectivity index (χ1v) is 12.3. The van der Waals surface area contributed by atoms with Gasteiger partial charge in [0, 0.05) is 43.5 Å². The second-order valence-corrected chi connectivity index (χ2v) is 9.62. The molecular weight excluding hydrogens is 532 g/mol. The van der Waals surface area contributed by atoms with E-state index in [0.717, 1.165) is 36.0 Å². The van der Waals surface area contributed by atoms with E-state index < -0.39 is 29.4 Å². The zero-order valence-electron chi connectivity index (χ0n) is 19.5. The van der Waals surface area contributed by atoms with Gasteiger partial charge in [-0.15, -0.1) is 0 Å². The predicted molar refractivity (Wildman–Crippen MR) is 132 cm³/mol. The molecule has 0 N–H and O–H groups in total. The number of rotatable bonds is 3. The summed E-state index contributed by atoms with van der Waals surface area (Å²) in [6.07, 6.45) is -7.41. The van der Waals surface area contributed by atoms with Crippen LogP contribution >= 0.6 is 11.8 Å². The van der Waals surface area contributed by atoms with Crippen molar-refractivity contribution in [3.63, 3.8) is 0 Å². The second kappa shape index (κ2) is 9.90. The van der Waals surface area contributed by atoms with Gasteiger partial charge in [0.2, 0.25) is 0 Å². The summed E-state index contributed by atoms with van der Waals surface area (Å²) in [5.41, 5.74) is -0.765. The summed E-state index contributed by atoms with van der Waals surface area (Å²) in [7, 11) is 0. The van der Waals surface area contributed by atoms with E-state index in [1.807, 2.05) is 9.80 Å². The van der Waals surface area contributed by atoms with E-state index in [-0.39, 0.29) is 11.3 Å². The Labute approximate surface area is 217 Å². The number of amidine groups is 1. The summed E-state index contributed by atoms with van der Waals surface area (Å²) in [6, 6.07) is 13.0. The molecule has 0 aliphatic carbocycles. The Morgan fingerprint density at radius 1 is 0.816 bits per heavy atom. The first-order valence-electron chi connectivity index (χ1n) is 11.4. The van der Waals surface area contributed by atoms with Gasteiger partial charge in [0.1, 0.15) is 11.5 Å². The van der Waals surface area contributed by atoms with Gasteiger partial charge >= 0.3 is 12.4 Å². The van der Waals surface area contributed by atoms with Crippen molar-refractivity contribution < 1.29 is 35.6 Å². The fourth-order valence-corrected chi connectivity index (χ4v) is 5.08. The lowest BCUT2D eigenvalue weighted by Gasteiger charge is -2.36. The van der Waals surface area contributed by atoms with Crippen LogP contribution in [0.3, 0.4) is 0 Å². The van der Waals surface area contributed by atoms with E-state index in [9.17, 15) is 31.1 Å². The van der Waals surface area contributed by atoms with Gasteiger partial charge in [0.15, 0.2) is 5.17 Å². The molecule has 198 valence electrons. The third-order valence-electron chi connectivity index (χ3n) is 6.07. The Morgan fingerprint density at radius 2 is 1.45 bits per heavy atom. The fourth-order valence-electron chi connectivity index (χ4n) is 4.13. The van der Waals surface area contributed by atoms with Crippen molar-refractivity contribution in [3.05, 3.63) is 82.5 Å². The van der Waals surface area contributed by atoms with Crippen molar-refractivity contribution in [2.75, 3.05) is 31.1 Å². The number of piperazine rings is 1. The number of carbonyl (C=O) groups is 1. The number of hydrogen-bond acceptors (Lipinski definition) is 5. The van der Waals surface area contributed by atoms with Crippen LogP contribution < -0.4 is 4.90 Å². The van der Waals surface area contributed by atoms with Crippen molar-refractivity contribution in [3.8, 4) is 11.3 Å². The number of aliphatic imine (C=N–C) groups is 1. The highest BCUT2D eigenvalue weighted by Gasteiger charge is 2.33. The second-order valence-electron chi connectivity index (χ2n) is 8.61. The van der Waals surface area contributed by atoms with Crippen LogP contribution in [0.25, 0.3) is 17.4 Å². The first kappa shape index (κ1) is 26.0. The lowest BCUT2D eigenvalue weighted by Crippen LogP contribution is -2.47. The number of nitrogens with zero attached hydrogens (tertiary/aromatic N) is 3. The monoisotopic (exact) mass is 551 g/mol. The SMILES string of the molecule is O=C1N=C(N2CCN(c3cccc(C(F)(F)F)c3)CC2)SC1=Cc1ccc(-c2cccc(C(F)(F)F)c2)o1. The third kappa shape index (κ3) is 5.59. The molecule has 0 spiro atoms. The van der Waals surface area contributed by atoms with E-state index in [0.29, 0.717) is 47.7 Å². The molecule has 2 aliphatic rings. The van der Waals surface area contributed by atoms with E-state index in [1.54, 1.807) is 12.1 Å². The van der Waals surface area contributed by atoms with Crippen LogP contribution in [0.1, 0.15) is 16.9 Å². The molecule has 2 aliphatic heterocycles. The Hall–Kier alpha value is -3.67. The van der Waals surface area contributed by atoms with Gasteiger partial charge in [-0.25, -0.2) is 0 Å². The molecule has 1 saturated heterocycles. The van der Waals surface area contributed by atoms with Gasteiger partial charge in [-0.05, 0) is 54.2 Å². The molecule has 12 heteroatoms. The van der Waals surface area contributed by atoms with Crippen molar-refractivity contribution in [2.24, 2.45) is 4.99 Å². The molecule has 0 atom stereocenters. The number of thioether (sulfide) groups is 1. The lowest BCUT2D eigenvalue weighted by molar-refractivity contribution is -0.138. The Balaban J connectivity index is 1.23. The molecule has 1 fully saturated rings. The normalized spacial score (nSPS) is 17.9. The fraction of sp³-hybridized carbons (Fsp3) is 0.231. The topological polar surface area (TPSA) is 49.1 Å². The number of carbonyl (C=O) groups excluding carboxylic acids is 1. The number of benzene rings is 2. The molecule has 0 bridgehead atoms. The summed E-state index contributed by atoms with van der Waals surface area (Å²) in [5, 5.41) is 0.481. The van der Waals surface area contributed by atoms with Crippen LogP contribution in [0.5, 0.6) is 0 Å². The molecule has 0 unspecified atom stereocenters. The molecule has 1 amide bonds. The van der Waals surface area contributed by atoms with E-state index in [1.165, 1.54) is 30.3 Å². The number of hydrogen-bond donors (Lipinski definition) is 0. The molecular formula is C26H19F6N3O2S. The maximum absolute atomic E-state index is 13.0. The van der Waals surface area contributed by atoms with E-state index in [2.05, 4.69) is 4.99 Å². The zero-order valence-corrected chi connectivity index (χ0v) is 20.3. The molecule has 3 heterocycles. The summed E-state index contributed by atoms with van der Waals surface area (Å²) < 4.78 is 83.9. The minimum absolute atomic E-state index is 0.227. The molecule has 3 aromatic rings. The van der Waals surface area contributed by atoms with Crippen LogP contribution in [-0.2, 0) is 17.1 Å². The maximum atomic E-state index is 13.0. The van der Waals surface area contributed by atoms with Crippen LogP contribution in [0, 0.1) is 0 Å². The molecule has 5 nitrogen and oxygen atoms in total. The average Bonchev–Trinajstić information content (AvgIpc) is 3.50. The van der Waals surface area contributed by atoms with Gasteiger partial charge in [0.05, 0.1) is 16.0 Å². The molecule has 38 heavy (non-hydrogen) atoms. The van der Waals surface area contributed by atoms with Crippen LogP contribution in [0.2, 0.25) is 0 Å². The van der Waals surface area contributed by atoms with Crippen molar-refractivity contribution in [1.82, 2.24) is 4.90 Å². The predicted octanol–water partition coefficient (Wildman–Crippen LogP) is 6.78. The summed E-state index contributed by atoms with van der Waals surface area (Å²) >= 11 is 1.15. The molecule has 0 radical (unpaired) electrons. The van der Waals surface area contributed by atoms with Crippen molar-refractivity contribution in [2.45, 2.75) is 12.4 Å². The molecule has 0 saturated carbocycles. The number of halogens is 6. The lowest BCUT2D eigenvalue weighted by atomic mass is 10.1. The number of alkyl halides is 6. The average molecular weight is 552 g/mol. The highest BCUT2D eigenvalue weighted by molar-refractivity contribution is 8.18. The summed E-state index contributed by atoms with van der Waals surface area (Å²) in [4.78, 5) is 20.6. The van der Waals surface area contributed by atoms with Crippen LogP contribution in [-0.4, -0.2) is 42.2 Å². The smallest absolute Gasteiger partial charge is 0.416 e. The summed E-state index contributed by atoms with van der Waals surface area (Å²) in [6.45, 7) is 1.82. The number of anilines is 1. The zero-order chi connectivity index (χ0) is 27.1. The highest BCUT2D eigenvalue weighted by Crippen LogP contribution is 2.35. The van der Waals surface area contributed by atoms with Gasteiger partial charge < -0.3 is 14.2 Å². The maximum Gasteiger partial charge on any atom is 0.416 e. The Morgan fingerprint density at radius 3 is 2.13 bits per heavy atom. The highest BCUT2D eigenvalue weighted by atomic mass is 32.2. The Kier molecular flexibility index (Phi) is 6.76. The largest absolute Gasteiger partial charge is 0.457 e. The van der Waals surface area contributed by atoms with Crippen LogP contribution in [0.15, 0.2) is 75.0 Å². The minimum atomic E-state index is -4.48. The summed E-state index contributed by atoms with van der Waals surface area (Å²) in [5.74, 6) is 0.0478. The van der Waals surface area contributed by atoms with Gasteiger partial charge in [-0.2, -0.15) is 31.3 Å². The van der Waals surface area contributed by atoms with E-state index >= 15 is 0 Å². The number of amides is 1. The Bertz CT molecular complexity index is 1420. The first-order chi connectivity index (χ1) is 18.0. The standard InChI is InChI=1S/C26H19F6N3O2S/c27-25(28,29)17-4-1-3-16(13-17)21-8-7-20(37-21)15-22-23(36)33-24(38-22)35-11-9-34(10-12-35)19-6-2-5-18(14-19)26(30,31)32/h1-8,13-15H,9-12H2. The van der Waals surface area contributed by atoms with Crippen molar-refractivity contribution >= 4 is 34.6 Å². The van der Waals surface area contributed by atoms with Crippen molar-refractivity contribution in [1.29, 1.82) is 0 Å². The van der Waals surface area contributed by atoms with E-state index in [4.69, 9.17) is 4.42 Å². The molecule has 2 aromatic carbocycles. The molecule has 1 aromatic heterocycles. The number of furan rings is 1. The van der Waals surface area contributed by atoms with Gasteiger partial charge in [-0.3, -0.25) is 4.79 Å².